The monoisotopic (exact) mass is 375 g/mol. The Balaban J connectivity index is 1.73. The molecular weight excluding hydrogens is 352 g/mol. The quantitative estimate of drug-likeness (QED) is 0.670. The van der Waals surface area contributed by atoms with E-state index in [1.807, 2.05) is 0 Å². The predicted octanol–water partition coefficient (Wildman–Crippen LogP) is 1.59. The summed E-state index contributed by atoms with van der Waals surface area (Å²) in [7, 11) is 1.41. The molecule has 0 atom stereocenters. The predicted molar refractivity (Wildman–Crippen MR) is 94.3 cm³/mol. The van der Waals surface area contributed by atoms with Crippen LogP contribution in [0.15, 0.2) is 18.2 Å². The zero-order valence-corrected chi connectivity index (χ0v) is 14.9. The molecule has 0 amide bonds. The molecule has 0 saturated carbocycles. The van der Waals surface area contributed by atoms with Crippen LogP contribution in [-0.2, 0) is 11.3 Å². The zero-order valence-electron chi connectivity index (χ0n) is 14.1. The van der Waals surface area contributed by atoms with Crippen LogP contribution in [0.1, 0.15) is 5.56 Å². The molecule has 1 aromatic carbocycles. The molecule has 0 radical (unpaired) electrons. The average Bonchev–Trinajstić information content (AvgIpc) is 2.61. The van der Waals surface area contributed by atoms with E-state index < -0.39 is 6.61 Å². The Morgan fingerprint density at radius 3 is 2.72 bits per heavy atom. The van der Waals surface area contributed by atoms with Crippen LogP contribution in [0.25, 0.3) is 0 Å². The molecule has 1 aromatic rings. The van der Waals surface area contributed by atoms with E-state index in [9.17, 15) is 8.78 Å². The van der Waals surface area contributed by atoms with E-state index in [-0.39, 0.29) is 11.5 Å². The fourth-order valence-electron chi connectivity index (χ4n) is 2.41. The molecule has 0 spiro atoms. The Bertz CT molecular complexity index is 557. The van der Waals surface area contributed by atoms with Crippen molar-refractivity contribution >= 4 is 17.3 Å². The normalized spacial score (nSPS) is 15.0. The maximum Gasteiger partial charge on any atom is 0.387 e. The van der Waals surface area contributed by atoms with Gasteiger partial charge in [0.25, 0.3) is 0 Å². The number of rotatable bonds is 8. The number of nitrogens with zero attached hydrogens (tertiary/aromatic N) is 1. The molecule has 2 N–H and O–H groups in total. The number of halogens is 2. The SMILES string of the molecule is COc1cc(CNC(=S)NCCN2CCOCC2)ccc1OC(F)F. The second kappa shape index (κ2) is 10.3. The van der Waals surface area contributed by atoms with Crippen LogP contribution in [0.4, 0.5) is 8.78 Å². The van der Waals surface area contributed by atoms with Gasteiger partial charge in [-0.15, -0.1) is 0 Å². The van der Waals surface area contributed by atoms with Crippen LogP contribution in [0.3, 0.4) is 0 Å². The van der Waals surface area contributed by atoms with Crippen molar-refractivity contribution in [2.24, 2.45) is 0 Å². The van der Waals surface area contributed by atoms with Gasteiger partial charge in [-0.2, -0.15) is 8.78 Å². The standard InChI is InChI=1S/C16H23F2N3O3S/c1-22-14-10-12(2-3-13(14)24-15(17)18)11-20-16(25)19-4-5-21-6-8-23-9-7-21/h2-3,10,15H,4-9,11H2,1H3,(H2,19,20,25). The first-order valence-electron chi connectivity index (χ1n) is 8.02. The molecule has 6 nitrogen and oxygen atoms in total. The topological polar surface area (TPSA) is 55.0 Å². The van der Waals surface area contributed by atoms with E-state index >= 15 is 0 Å². The third-order valence-electron chi connectivity index (χ3n) is 3.71. The average molecular weight is 375 g/mol. The van der Waals surface area contributed by atoms with Crippen LogP contribution in [0.5, 0.6) is 11.5 Å². The summed E-state index contributed by atoms with van der Waals surface area (Å²) >= 11 is 5.24. The number of ether oxygens (including phenoxy) is 3. The number of morpholine rings is 1. The van der Waals surface area contributed by atoms with E-state index in [1.54, 1.807) is 12.1 Å². The molecule has 1 saturated heterocycles. The van der Waals surface area contributed by atoms with E-state index in [0.29, 0.717) is 11.7 Å². The van der Waals surface area contributed by atoms with Crippen molar-refractivity contribution < 1.29 is 23.0 Å². The molecule has 0 bridgehead atoms. The minimum absolute atomic E-state index is 0.00691. The Hall–Kier alpha value is -1.71. The second-order valence-electron chi connectivity index (χ2n) is 5.43. The molecule has 1 aliphatic heterocycles. The third kappa shape index (κ3) is 6.97. The molecule has 0 unspecified atom stereocenters. The highest BCUT2D eigenvalue weighted by Crippen LogP contribution is 2.29. The summed E-state index contributed by atoms with van der Waals surface area (Å²) in [5, 5.41) is 6.77. The van der Waals surface area contributed by atoms with Gasteiger partial charge < -0.3 is 24.8 Å². The molecule has 0 aliphatic carbocycles. The van der Waals surface area contributed by atoms with E-state index in [2.05, 4.69) is 20.3 Å². The molecule has 1 fully saturated rings. The number of hydrogen-bond acceptors (Lipinski definition) is 5. The third-order valence-corrected chi connectivity index (χ3v) is 4.00. The summed E-state index contributed by atoms with van der Waals surface area (Å²) in [6.45, 7) is 2.64. The van der Waals surface area contributed by atoms with Crippen molar-refractivity contribution in [1.82, 2.24) is 15.5 Å². The molecule has 140 valence electrons. The molecule has 9 heteroatoms. The smallest absolute Gasteiger partial charge is 0.387 e. The van der Waals surface area contributed by atoms with Gasteiger partial charge in [-0.1, -0.05) is 6.07 Å². The first-order valence-corrected chi connectivity index (χ1v) is 8.43. The maximum atomic E-state index is 12.3. The van der Waals surface area contributed by atoms with Crippen molar-refractivity contribution in [2.75, 3.05) is 46.5 Å². The van der Waals surface area contributed by atoms with E-state index in [1.165, 1.54) is 13.2 Å². The van der Waals surface area contributed by atoms with Gasteiger partial charge in [0.05, 0.1) is 20.3 Å². The maximum absolute atomic E-state index is 12.3. The highest BCUT2D eigenvalue weighted by atomic mass is 32.1. The Labute approximate surface area is 151 Å². The van der Waals surface area contributed by atoms with Gasteiger partial charge in [0.1, 0.15) is 0 Å². The van der Waals surface area contributed by atoms with Crippen LogP contribution in [0.2, 0.25) is 0 Å². The largest absolute Gasteiger partial charge is 0.493 e. The lowest BCUT2D eigenvalue weighted by Crippen LogP contribution is -2.43. The summed E-state index contributed by atoms with van der Waals surface area (Å²) in [5.74, 6) is 0.262. The van der Waals surface area contributed by atoms with Gasteiger partial charge in [0, 0.05) is 32.7 Å². The second-order valence-corrected chi connectivity index (χ2v) is 5.84. The van der Waals surface area contributed by atoms with Crippen molar-refractivity contribution in [3.8, 4) is 11.5 Å². The number of alkyl halides is 2. The first kappa shape index (κ1) is 19.6. The first-order chi connectivity index (χ1) is 12.1. The summed E-state index contributed by atoms with van der Waals surface area (Å²) in [5.41, 5.74) is 0.843. The summed E-state index contributed by atoms with van der Waals surface area (Å²) < 4.78 is 39.4. The molecule has 0 aromatic heterocycles. The lowest BCUT2D eigenvalue weighted by atomic mass is 10.2. The number of nitrogens with one attached hydrogen (secondary N) is 2. The Morgan fingerprint density at radius 2 is 2.04 bits per heavy atom. The molecule has 25 heavy (non-hydrogen) atoms. The number of hydrogen-bond donors (Lipinski definition) is 2. The highest BCUT2D eigenvalue weighted by molar-refractivity contribution is 7.80. The van der Waals surface area contributed by atoms with Gasteiger partial charge in [-0.25, -0.2) is 0 Å². The van der Waals surface area contributed by atoms with Gasteiger partial charge in [0.2, 0.25) is 0 Å². The Kier molecular flexibility index (Phi) is 8.10. The van der Waals surface area contributed by atoms with Crippen molar-refractivity contribution in [1.29, 1.82) is 0 Å². The van der Waals surface area contributed by atoms with Gasteiger partial charge >= 0.3 is 6.61 Å². The summed E-state index contributed by atoms with van der Waals surface area (Å²) in [6.07, 6.45) is 0. The number of methoxy groups -OCH3 is 1. The van der Waals surface area contributed by atoms with Crippen molar-refractivity contribution in [3.05, 3.63) is 23.8 Å². The fraction of sp³-hybridized carbons (Fsp3) is 0.562. The van der Waals surface area contributed by atoms with Crippen LogP contribution in [-0.4, -0.2) is 63.1 Å². The van der Waals surface area contributed by atoms with Crippen LogP contribution >= 0.6 is 12.2 Å². The van der Waals surface area contributed by atoms with E-state index in [0.717, 1.165) is 45.0 Å². The van der Waals surface area contributed by atoms with Gasteiger partial charge in [-0.3, -0.25) is 4.90 Å². The molecule has 1 heterocycles. The summed E-state index contributed by atoms with van der Waals surface area (Å²) in [4.78, 5) is 2.31. The van der Waals surface area contributed by atoms with E-state index in [4.69, 9.17) is 21.7 Å². The molecule has 1 aliphatic rings. The number of benzene rings is 1. The van der Waals surface area contributed by atoms with Gasteiger partial charge in [0.15, 0.2) is 16.6 Å². The van der Waals surface area contributed by atoms with Crippen LogP contribution < -0.4 is 20.1 Å². The molecular formula is C16H23F2N3O3S. The fourth-order valence-corrected chi connectivity index (χ4v) is 2.59. The van der Waals surface area contributed by atoms with Crippen molar-refractivity contribution in [2.45, 2.75) is 13.2 Å². The lowest BCUT2D eigenvalue weighted by molar-refractivity contribution is -0.0512. The number of thiocarbonyl (C=S) groups is 1. The summed E-state index contributed by atoms with van der Waals surface area (Å²) in [6, 6.07) is 4.78. The van der Waals surface area contributed by atoms with Crippen LogP contribution in [0, 0.1) is 0 Å². The van der Waals surface area contributed by atoms with Crippen molar-refractivity contribution in [3.63, 3.8) is 0 Å². The van der Waals surface area contributed by atoms with Gasteiger partial charge in [-0.05, 0) is 29.9 Å². The Morgan fingerprint density at radius 1 is 1.28 bits per heavy atom. The minimum atomic E-state index is -2.89. The lowest BCUT2D eigenvalue weighted by Gasteiger charge is -2.26. The molecule has 2 rings (SSSR count). The zero-order chi connectivity index (χ0) is 18.1. The highest BCUT2D eigenvalue weighted by Gasteiger charge is 2.12. The minimum Gasteiger partial charge on any atom is -0.493 e.